The molecule has 1 aliphatic carbocycles. The SMILES string of the molecule is C1CCCC(=C2CNC2)CC1. The molecule has 11 heavy (non-hydrogen) atoms. The standard InChI is InChI=1S/C10H17N/c1-2-4-6-9(5-3-1)10-7-11-8-10/h11H,1-8H2. The zero-order valence-corrected chi connectivity index (χ0v) is 7.16. The summed E-state index contributed by atoms with van der Waals surface area (Å²) in [6.07, 6.45) is 8.61. The van der Waals surface area contributed by atoms with E-state index >= 15 is 0 Å². The summed E-state index contributed by atoms with van der Waals surface area (Å²) >= 11 is 0. The van der Waals surface area contributed by atoms with Gasteiger partial charge >= 0.3 is 0 Å². The Morgan fingerprint density at radius 2 is 1.36 bits per heavy atom. The molecule has 0 radical (unpaired) electrons. The summed E-state index contributed by atoms with van der Waals surface area (Å²) < 4.78 is 0. The summed E-state index contributed by atoms with van der Waals surface area (Å²) in [5, 5.41) is 3.32. The third-order valence-corrected chi connectivity index (χ3v) is 2.88. The van der Waals surface area contributed by atoms with Gasteiger partial charge in [0.15, 0.2) is 0 Å². The normalized spacial score (nSPS) is 26.2. The fourth-order valence-corrected chi connectivity index (χ4v) is 2.01. The molecular formula is C10H17N. The average Bonchev–Trinajstić information content (AvgIpc) is 2.12. The molecule has 62 valence electrons. The van der Waals surface area contributed by atoms with Crippen LogP contribution in [0, 0.1) is 0 Å². The van der Waals surface area contributed by atoms with Crippen LogP contribution in [0.25, 0.3) is 0 Å². The van der Waals surface area contributed by atoms with E-state index in [1.165, 1.54) is 51.6 Å². The smallest absolute Gasteiger partial charge is 0.0183 e. The Hall–Kier alpha value is -0.300. The lowest BCUT2D eigenvalue weighted by atomic mass is 9.97. The Bertz CT molecular complexity index is 154. The minimum Gasteiger partial charge on any atom is -0.309 e. The second kappa shape index (κ2) is 3.40. The van der Waals surface area contributed by atoms with Gasteiger partial charge in [-0.05, 0) is 31.3 Å². The van der Waals surface area contributed by atoms with Crippen LogP contribution < -0.4 is 5.32 Å². The van der Waals surface area contributed by atoms with Gasteiger partial charge in [0.2, 0.25) is 0 Å². The van der Waals surface area contributed by atoms with Crippen LogP contribution in [-0.4, -0.2) is 13.1 Å². The van der Waals surface area contributed by atoms with E-state index in [1.807, 2.05) is 0 Å². The minimum atomic E-state index is 1.19. The molecule has 2 aliphatic rings. The molecule has 1 N–H and O–H groups in total. The molecular weight excluding hydrogens is 134 g/mol. The lowest BCUT2D eigenvalue weighted by Gasteiger charge is -2.23. The van der Waals surface area contributed by atoms with Gasteiger partial charge in [-0.2, -0.15) is 0 Å². The predicted molar refractivity (Wildman–Crippen MR) is 47.6 cm³/mol. The quantitative estimate of drug-likeness (QED) is 0.413. The molecule has 0 aromatic rings. The number of nitrogens with one attached hydrogen (secondary N) is 1. The van der Waals surface area contributed by atoms with E-state index in [1.54, 1.807) is 11.1 Å². The summed E-state index contributed by atoms with van der Waals surface area (Å²) in [5.74, 6) is 0. The van der Waals surface area contributed by atoms with Crippen molar-refractivity contribution in [3.05, 3.63) is 11.1 Å². The van der Waals surface area contributed by atoms with Gasteiger partial charge < -0.3 is 5.32 Å². The zero-order chi connectivity index (χ0) is 7.52. The fourth-order valence-electron chi connectivity index (χ4n) is 2.01. The minimum absolute atomic E-state index is 1.19. The van der Waals surface area contributed by atoms with E-state index in [0.29, 0.717) is 0 Å². The first-order valence-corrected chi connectivity index (χ1v) is 4.87. The number of hydrogen-bond acceptors (Lipinski definition) is 1. The highest BCUT2D eigenvalue weighted by Crippen LogP contribution is 2.25. The van der Waals surface area contributed by atoms with Crippen molar-refractivity contribution in [3.8, 4) is 0 Å². The molecule has 1 saturated carbocycles. The molecule has 1 nitrogen and oxygen atoms in total. The van der Waals surface area contributed by atoms with Gasteiger partial charge in [0.25, 0.3) is 0 Å². The van der Waals surface area contributed by atoms with Gasteiger partial charge in [-0.3, -0.25) is 0 Å². The number of rotatable bonds is 0. The Morgan fingerprint density at radius 3 is 1.82 bits per heavy atom. The maximum atomic E-state index is 3.32. The van der Waals surface area contributed by atoms with Crippen molar-refractivity contribution in [3.63, 3.8) is 0 Å². The topological polar surface area (TPSA) is 12.0 Å². The lowest BCUT2D eigenvalue weighted by molar-refractivity contribution is 0.639. The Kier molecular flexibility index (Phi) is 2.27. The molecule has 1 saturated heterocycles. The van der Waals surface area contributed by atoms with E-state index in [2.05, 4.69) is 5.32 Å². The summed E-state index contributed by atoms with van der Waals surface area (Å²) in [6.45, 7) is 2.38. The largest absolute Gasteiger partial charge is 0.309 e. The molecule has 0 amide bonds. The summed E-state index contributed by atoms with van der Waals surface area (Å²) in [4.78, 5) is 0. The third-order valence-electron chi connectivity index (χ3n) is 2.88. The van der Waals surface area contributed by atoms with Crippen LogP contribution in [0.2, 0.25) is 0 Å². The first-order chi connectivity index (χ1) is 5.47. The van der Waals surface area contributed by atoms with Gasteiger partial charge in [0.1, 0.15) is 0 Å². The number of hydrogen-bond donors (Lipinski definition) is 1. The van der Waals surface area contributed by atoms with Gasteiger partial charge in [-0.1, -0.05) is 18.4 Å². The van der Waals surface area contributed by atoms with E-state index < -0.39 is 0 Å². The molecule has 2 rings (SSSR count). The molecule has 0 atom stereocenters. The van der Waals surface area contributed by atoms with Crippen molar-refractivity contribution < 1.29 is 0 Å². The van der Waals surface area contributed by atoms with E-state index in [9.17, 15) is 0 Å². The number of allylic oxidation sites excluding steroid dienone is 1. The van der Waals surface area contributed by atoms with E-state index in [4.69, 9.17) is 0 Å². The highest BCUT2D eigenvalue weighted by molar-refractivity contribution is 5.23. The molecule has 0 bridgehead atoms. The summed E-state index contributed by atoms with van der Waals surface area (Å²) in [5.41, 5.74) is 3.52. The van der Waals surface area contributed by atoms with Gasteiger partial charge in [-0.15, -0.1) is 0 Å². The molecule has 1 aliphatic heterocycles. The molecule has 2 fully saturated rings. The van der Waals surface area contributed by atoms with Gasteiger partial charge in [-0.25, -0.2) is 0 Å². The molecule has 0 spiro atoms. The second-order valence-electron chi connectivity index (χ2n) is 3.72. The van der Waals surface area contributed by atoms with Crippen LogP contribution in [0.5, 0.6) is 0 Å². The molecule has 0 aromatic carbocycles. The van der Waals surface area contributed by atoms with Crippen molar-refractivity contribution in [2.24, 2.45) is 0 Å². The zero-order valence-electron chi connectivity index (χ0n) is 7.16. The lowest BCUT2D eigenvalue weighted by Crippen LogP contribution is -2.35. The molecule has 1 heteroatoms. The van der Waals surface area contributed by atoms with Crippen LogP contribution >= 0.6 is 0 Å². The van der Waals surface area contributed by atoms with Crippen LogP contribution in [-0.2, 0) is 0 Å². The highest BCUT2D eigenvalue weighted by Gasteiger charge is 2.14. The van der Waals surface area contributed by atoms with Crippen LogP contribution in [0.3, 0.4) is 0 Å². The van der Waals surface area contributed by atoms with Gasteiger partial charge in [0, 0.05) is 13.1 Å². The maximum absolute atomic E-state index is 3.32. The van der Waals surface area contributed by atoms with Crippen molar-refractivity contribution >= 4 is 0 Å². The van der Waals surface area contributed by atoms with E-state index in [-0.39, 0.29) is 0 Å². The summed E-state index contributed by atoms with van der Waals surface area (Å²) in [6, 6.07) is 0. The Morgan fingerprint density at radius 1 is 0.727 bits per heavy atom. The molecule has 0 unspecified atom stereocenters. The first kappa shape index (κ1) is 7.35. The van der Waals surface area contributed by atoms with Crippen LogP contribution in [0.15, 0.2) is 11.1 Å². The van der Waals surface area contributed by atoms with Crippen molar-refractivity contribution in [1.29, 1.82) is 0 Å². The van der Waals surface area contributed by atoms with Crippen molar-refractivity contribution in [1.82, 2.24) is 5.32 Å². The summed E-state index contributed by atoms with van der Waals surface area (Å²) in [7, 11) is 0. The Labute approximate surface area is 68.9 Å². The van der Waals surface area contributed by atoms with Crippen LogP contribution in [0.4, 0.5) is 0 Å². The first-order valence-electron chi connectivity index (χ1n) is 4.87. The molecule has 1 heterocycles. The highest BCUT2D eigenvalue weighted by atomic mass is 14.9. The maximum Gasteiger partial charge on any atom is 0.0183 e. The monoisotopic (exact) mass is 151 g/mol. The van der Waals surface area contributed by atoms with Crippen molar-refractivity contribution in [2.45, 2.75) is 38.5 Å². The van der Waals surface area contributed by atoms with Gasteiger partial charge in [0.05, 0.1) is 0 Å². The average molecular weight is 151 g/mol. The predicted octanol–water partition coefficient (Wildman–Crippen LogP) is 2.24. The Balaban J connectivity index is 1.99. The van der Waals surface area contributed by atoms with Crippen molar-refractivity contribution in [2.75, 3.05) is 13.1 Å². The van der Waals surface area contributed by atoms with E-state index in [0.717, 1.165) is 0 Å². The van der Waals surface area contributed by atoms with Crippen LogP contribution in [0.1, 0.15) is 38.5 Å². The third kappa shape index (κ3) is 1.64. The molecule has 0 aromatic heterocycles. The second-order valence-corrected chi connectivity index (χ2v) is 3.72. The fraction of sp³-hybridized carbons (Fsp3) is 0.800.